The van der Waals surface area contributed by atoms with Crippen molar-refractivity contribution in [3.8, 4) is 5.75 Å². The van der Waals surface area contributed by atoms with Gasteiger partial charge in [0, 0.05) is 6.07 Å². The number of carbonyl (C=O) groups is 1. The molecule has 6 heteroatoms. The van der Waals surface area contributed by atoms with Crippen molar-refractivity contribution in [2.45, 2.75) is 6.54 Å². The van der Waals surface area contributed by atoms with Crippen LogP contribution in [0.3, 0.4) is 0 Å². The van der Waals surface area contributed by atoms with Gasteiger partial charge in [-0.15, -0.1) is 0 Å². The second-order valence-electron chi connectivity index (χ2n) is 3.99. The number of benzene rings is 1. The number of hydrogen-bond acceptors (Lipinski definition) is 3. The molecule has 0 radical (unpaired) electrons. The predicted octanol–water partition coefficient (Wildman–Crippen LogP) is 2.30. The van der Waals surface area contributed by atoms with Gasteiger partial charge in [0.15, 0.2) is 0 Å². The second-order valence-corrected chi connectivity index (χ2v) is 3.99. The van der Waals surface area contributed by atoms with E-state index in [-0.39, 0.29) is 18.5 Å². The maximum Gasteiger partial charge on any atom is 0.315 e. The topological polar surface area (TPSA) is 63.5 Å². The minimum Gasteiger partial charge on any atom is -0.492 e. The molecule has 20 heavy (non-hydrogen) atoms. The minimum absolute atomic E-state index is 0.262. The second kappa shape index (κ2) is 7.18. The number of halogens is 1. The monoisotopic (exact) mass is 278 g/mol. The van der Waals surface area contributed by atoms with Gasteiger partial charge in [0.25, 0.3) is 0 Å². The van der Waals surface area contributed by atoms with E-state index >= 15 is 0 Å². The summed E-state index contributed by atoms with van der Waals surface area (Å²) in [6, 6.07) is 9.05. The highest BCUT2D eigenvalue weighted by atomic mass is 19.1. The standard InChI is InChI=1S/C14H15FN2O3/c15-11-3-1-4-12(9-11)20-8-6-16-14(18)17-10-13-5-2-7-19-13/h1-5,7,9H,6,8,10H2,(H2,16,17,18). The van der Waals surface area contributed by atoms with E-state index in [1.54, 1.807) is 30.5 Å². The molecule has 0 atom stereocenters. The van der Waals surface area contributed by atoms with E-state index < -0.39 is 0 Å². The Labute approximate surface area is 115 Å². The van der Waals surface area contributed by atoms with Gasteiger partial charge >= 0.3 is 6.03 Å². The Morgan fingerprint density at radius 2 is 2.15 bits per heavy atom. The molecule has 0 aliphatic rings. The average Bonchev–Trinajstić information content (AvgIpc) is 2.95. The van der Waals surface area contributed by atoms with Crippen molar-refractivity contribution >= 4 is 6.03 Å². The number of ether oxygens (including phenoxy) is 1. The molecule has 0 saturated carbocycles. The largest absolute Gasteiger partial charge is 0.492 e. The summed E-state index contributed by atoms with van der Waals surface area (Å²) in [6.45, 7) is 0.904. The molecule has 1 aromatic heterocycles. The van der Waals surface area contributed by atoms with Gasteiger partial charge in [-0.2, -0.15) is 0 Å². The van der Waals surface area contributed by atoms with Crippen molar-refractivity contribution in [1.29, 1.82) is 0 Å². The first-order chi connectivity index (χ1) is 9.74. The van der Waals surface area contributed by atoms with Crippen molar-refractivity contribution in [3.05, 3.63) is 54.2 Å². The number of hydrogen-bond donors (Lipinski definition) is 2. The number of nitrogens with one attached hydrogen (secondary N) is 2. The van der Waals surface area contributed by atoms with Crippen molar-refractivity contribution in [2.24, 2.45) is 0 Å². The third kappa shape index (κ3) is 4.64. The van der Waals surface area contributed by atoms with Gasteiger partial charge in [-0.25, -0.2) is 9.18 Å². The highest BCUT2D eigenvalue weighted by Gasteiger charge is 2.01. The molecule has 1 aromatic carbocycles. The number of carbonyl (C=O) groups excluding carboxylic acids is 1. The summed E-state index contributed by atoms with van der Waals surface area (Å²) < 4.78 is 23.2. The molecule has 0 spiro atoms. The van der Waals surface area contributed by atoms with Crippen LogP contribution in [-0.2, 0) is 6.54 Å². The summed E-state index contributed by atoms with van der Waals surface area (Å²) in [4.78, 5) is 11.4. The van der Waals surface area contributed by atoms with E-state index in [0.29, 0.717) is 24.6 Å². The highest BCUT2D eigenvalue weighted by molar-refractivity contribution is 5.73. The van der Waals surface area contributed by atoms with Crippen LogP contribution >= 0.6 is 0 Å². The van der Waals surface area contributed by atoms with Crippen LogP contribution in [0.2, 0.25) is 0 Å². The van der Waals surface area contributed by atoms with Gasteiger partial charge in [0.2, 0.25) is 0 Å². The van der Waals surface area contributed by atoms with Crippen molar-refractivity contribution in [1.82, 2.24) is 10.6 Å². The number of urea groups is 1. The first-order valence-corrected chi connectivity index (χ1v) is 6.16. The average molecular weight is 278 g/mol. The molecule has 106 valence electrons. The lowest BCUT2D eigenvalue weighted by Gasteiger charge is -2.08. The molecule has 0 aliphatic carbocycles. The molecular formula is C14H15FN2O3. The van der Waals surface area contributed by atoms with E-state index in [2.05, 4.69) is 10.6 Å². The molecule has 0 unspecified atom stereocenters. The molecule has 0 bridgehead atoms. The molecule has 5 nitrogen and oxygen atoms in total. The molecule has 0 saturated heterocycles. The fourth-order valence-corrected chi connectivity index (χ4v) is 1.53. The van der Waals surface area contributed by atoms with E-state index in [1.807, 2.05) is 0 Å². The maximum absolute atomic E-state index is 12.9. The van der Waals surface area contributed by atoms with Gasteiger partial charge in [-0.1, -0.05) is 6.07 Å². The third-order valence-corrected chi connectivity index (χ3v) is 2.46. The minimum atomic E-state index is -0.355. The van der Waals surface area contributed by atoms with Gasteiger partial charge in [0.05, 0.1) is 19.4 Å². The maximum atomic E-state index is 12.9. The van der Waals surface area contributed by atoms with Crippen LogP contribution in [0.25, 0.3) is 0 Å². The van der Waals surface area contributed by atoms with E-state index in [4.69, 9.17) is 9.15 Å². The zero-order valence-corrected chi connectivity index (χ0v) is 10.8. The van der Waals surface area contributed by atoms with Crippen molar-refractivity contribution in [3.63, 3.8) is 0 Å². The summed E-state index contributed by atoms with van der Waals surface area (Å²) in [6.07, 6.45) is 1.54. The van der Waals surface area contributed by atoms with Crippen molar-refractivity contribution in [2.75, 3.05) is 13.2 Å². The molecule has 0 fully saturated rings. The lowest BCUT2D eigenvalue weighted by molar-refractivity contribution is 0.235. The molecule has 2 N–H and O–H groups in total. The summed E-state index contributed by atoms with van der Waals surface area (Å²) in [5.41, 5.74) is 0. The Morgan fingerprint density at radius 3 is 2.90 bits per heavy atom. The van der Waals surface area contributed by atoms with Crippen LogP contribution in [-0.4, -0.2) is 19.2 Å². The van der Waals surface area contributed by atoms with Crippen LogP contribution in [0.15, 0.2) is 47.1 Å². The Balaban J connectivity index is 1.59. The van der Waals surface area contributed by atoms with E-state index in [0.717, 1.165) is 0 Å². The molecule has 1 heterocycles. The zero-order valence-electron chi connectivity index (χ0n) is 10.8. The van der Waals surface area contributed by atoms with Crippen molar-refractivity contribution < 1.29 is 18.3 Å². The fraction of sp³-hybridized carbons (Fsp3) is 0.214. The molecule has 2 amide bonds. The van der Waals surface area contributed by atoms with E-state index in [9.17, 15) is 9.18 Å². The lowest BCUT2D eigenvalue weighted by Crippen LogP contribution is -2.37. The van der Waals surface area contributed by atoms with Crippen LogP contribution in [0, 0.1) is 5.82 Å². The third-order valence-electron chi connectivity index (χ3n) is 2.46. The molecule has 2 rings (SSSR count). The smallest absolute Gasteiger partial charge is 0.315 e. The fourth-order valence-electron chi connectivity index (χ4n) is 1.53. The summed E-state index contributed by atoms with van der Waals surface area (Å²) in [5.74, 6) is 0.755. The summed E-state index contributed by atoms with van der Waals surface area (Å²) in [7, 11) is 0. The number of furan rings is 1. The van der Waals surface area contributed by atoms with Gasteiger partial charge in [0.1, 0.15) is 23.9 Å². The Kier molecular flexibility index (Phi) is 5.00. The Morgan fingerprint density at radius 1 is 1.25 bits per heavy atom. The quantitative estimate of drug-likeness (QED) is 0.797. The zero-order chi connectivity index (χ0) is 14.2. The van der Waals surface area contributed by atoms with E-state index in [1.165, 1.54) is 12.1 Å². The number of amides is 2. The lowest BCUT2D eigenvalue weighted by atomic mass is 10.3. The Bertz CT molecular complexity index is 543. The highest BCUT2D eigenvalue weighted by Crippen LogP contribution is 2.11. The summed E-state index contributed by atoms with van der Waals surface area (Å²) in [5, 5.41) is 5.25. The molecular weight excluding hydrogens is 263 g/mol. The molecule has 0 aliphatic heterocycles. The SMILES string of the molecule is O=C(NCCOc1cccc(F)c1)NCc1ccco1. The predicted molar refractivity (Wildman–Crippen MR) is 70.8 cm³/mol. The van der Waals surface area contributed by atoms with Crippen LogP contribution in [0.1, 0.15) is 5.76 Å². The normalized spacial score (nSPS) is 10.1. The van der Waals surface area contributed by atoms with Crippen LogP contribution in [0.5, 0.6) is 5.75 Å². The first kappa shape index (κ1) is 13.9. The van der Waals surface area contributed by atoms with Gasteiger partial charge < -0.3 is 19.8 Å². The number of rotatable bonds is 6. The Hall–Kier alpha value is -2.50. The molecule has 2 aromatic rings. The van der Waals surface area contributed by atoms with Crippen LogP contribution in [0.4, 0.5) is 9.18 Å². The summed E-state index contributed by atoms with van der Waals surface area (Å²) >= 11 is 0. The first-order valence-electron chi connectivity index (χ1n) is 6.16. The van der Waals surface area contributed by atoms with Gasteiger partial charge in [-0.05, 0) is 24.3 Å². The van der Waals surface area contributed by atoms with Gasteiger partial charge in [-0.3, -0.25) is 0 Å². The van der Waals surface area contributed by atoms with Crippen LogP contribution < -0.4 is 15.4 Å².